The predicted molar refractivity (Wildman–Crippen MR) is 56.4 cm³/mol. The first-order valence-corrected chi connectivity index (χ1v) is 6.62. The van der Waals surface area contributed by atoms with E-state index in [0.29, 0.717) is 5.25 Å². The highest BCUT2D eigenvalue weighted by molar-refractivity contribution is 7.85. The minimum Gasteiger partial charge on any atom is -0.377 e. The van der Waals surface area contributed by atoms with Crippen molar-refractivity contribution >= 4 is 10.8 Å². The van der Waals surface area contributed by atoms with E-state index in [-0.39, 0.29) is 6.10 Å². The average Bonchev–Trinajstić information content (AvgIpc) is 2.52. The van der Waals surface area contributed by atoms with Crippen LogP contribution in [0, 0.1) is 0 Å². The summed E-state index contributed by atoms with van der Waals surface area (Å²) in [5.74, 6) is 0.867. The Kier molecular flexibility index (Phi) is 4.96. The van der Waals surface area contributed by atoms with Gasteiger partial charge in [0, 0.05) is 23.2 Å². The summed E-state index contributed by atoms with van der Waals surface area (Å²) in [5, 5.41) is 0.303. The maximum absolute atomic E-state index is 11.8. The van der Waals surface area contributed by atoms with Gasteiger partial charge in [0.2, 0.25) is 0 Å². The van der Waals surface area contributed by atoms with Crippen molar-refractivity contribution < 1.29 is 8.95 Å². The van der Waals surface area contributed by atoms with E-state index in [1.807, 2.05) is 6.92 Å². The Morgan fingerprint density at radius 3 is 2.77 bits per heavy atom. The van der Waals surface area contributed by atoms with Crippen molar-refractivity contribution in [2.45, 2.75) is 50.9 Å². The predicted octanol–water partition coefficient (Wildman–Crippen LogP) is 2.10. The molecule has 3 heteroatoms. The SMILES string of the molecule is CCCCC[S@](=O)[C@H]1CCO[C@@H]1C. The van der Waals surface area contributed by atoms with Crippen LogP contribution in [0.15, 0.2) is 0 Å². The second-order valence-electron chi connectivity index (χ2n) is 3.70. The van der Waals surface area contributed by atoms with E-state index in [1.54, 1.807) is 0 Å². The van der Waals surface area contributed by atoms with E-state index < -0.39 is 10.8 Å². The second kappa shape index (κ2) is 5.76. The smallest absolute Gasteiger partial charge is 0.0691 e. The van der Waals surface area contributed by atoms with Crippen molar-refractivity contribution in [2.75, 3.05) is 12.4 Å². The Hall–Kier alpha value is 0.110. The molecule has 1 aliphatic rings. The Bertz CT molecular complexity index is 170. The Labute approximate surface area is 83.5 Å². The van der Waals surface area contributed by atoms with E-state index in [9.17, 15) is 4.21 Å². The molecule has 1 rings (SSSR count). The van der Waals surface area contributed by atoms with Crippen molar-refractivity contribution in [3.05, 3.63) is 0 Å². The van der Waals surface area contributed by atoms with Crippen molar-refractivity contribution in [1.82, 2.24) is 0 Å². The first-order valence-electron chi connectivity index (χ1n) is 5.24. The number of hydrogen-bond donors (Lipinski definition) is 0. The van der Waals surface area contributed by atoms with Crippen LogP contribution in [0.3, 0.4) is 0 Å². The first kappa shape index (κ1) is 11.2. The van der Waals surface area contributed by atoms with Crippen molar-refractivity contribution in [3.8, 4) is 0 Å². The first-order chi connectivity index (χ1) is 6.25. The fourth-order valence-corrected chi connectivity index (χ4v) is 3.36. The molecule has 0 aromatic rings. The fourth-order valence-electron chi connectivity index (χ4n) is 1.70. The quantitative estimate of drug-likeness (QED) is 0.641. The molecule has 0 aromatic heterocycles. The average molecular weight is 204 g/mol. The van der Waals surface area contributed by atoms with Crippen LogP contribution in [0.25, 0.3) is 0 Å². The maximum Gasteiger partial charge on any atom is 0.0691 e. The number of hydrogen-bond acceptors (Lipinski definition) is 2. The zero-order valence-corrected chi connectivity index (χ0v) is 9.44. The topological polar surface area (TPSA) is 26.3 Å². The molecule has 2 nitrogen and oxygen atoms in total. The lowest BCUT2D eigenvalue weighted by atomic mass is 10.3. The van der Waals surface area contributed by atoms with Crippen molar-refractivity contribution in [1.29, 1.82) is 0 Å². The highest BCUT2D eigenvalue weighted by atomic mass is 32.2. The van der Waals surface area contributed by atoms with E-state index in [0.717, 1.165) is 25.2 Å². The summed E-state index contributed by atoms with van der Waals surface area (Å²) in [6.07, 6.45) is 4.70. The molecule has 0 saturated carbocycles. The lowest BCUT2D eigenvalue weighted by Gasteiger charge is -2.13. The molecular weight excluding hydrogens is 184 g/mol. The molecule has 13 heavy (non-hydrogen) atoms. The fraction of sp³-hybridized carbons (Fsp3) is 1.00. The molecule has 0 aliphatic carbocycles. The van der Waals surface area contributed by atoms with E-state index in [4.69, 9.17) is 4.74 Å². The molecular formula is C10H20O2S. The third-order valence-corrected chi connectivity index (χ3v) is 4.58. The van der Waals surface area contributed by atoms with E-state index in [2.05, 4.69) is 6.92 Å². The zero-order valence-electron chi connectivity index (χ0n) is 8.62. The molecule has 1 saturated heterocycles. The number of rotatable bonds is 5. The van der Waals surface area contributed by atoms with Crippen molar-refractivity contribution in [2.24, 2.45) is 0 Å². The van der Waals surface area contributed by atoms with Crippen LogP contribution in [0.5, 0.6) is 0 Å². The molecule has 0 radical (unpaired) electrons. The molecule has 0 amide bonds. The van der Waals surface area contributed by atoms with Crippen LogP contribution in [0.1, 0.15) is 39.5 Å². The van der Waals surface area contributed by atoms with Crippen LogP contribution >= 0.6 is 0 Å². The third kappa shape index (κ3) is 3.39. The molecule has 0 aromatic carbocycles. The molecule has 1 aliphatic heterocycles. The van der Waals surface area contributed by atoms with Gasteiger partial charge in [-0.05, 0) is 19.8 Å². The summed E-state index contributed by atoms with van der Waals surface area (Å²) in [6.45, 7) is 5.00. The molecule has 0 bridgehead atoms. The van der Waals surface area contributed by atoms with Gasteiger partial charge in [0.05, 0.1) is 11.4 Å². The Morgan fingerprint density at radius 2 is 2.23 bits per heavy atom. The van der Waals surface area contributed by atoms with Crippen LogP contribution in [0.2, 0.25) is 0 Å². The van der Waals surface area contributed by atoms with E-state index >= 15 is 0 Å². The molecule has 78 valence electrons. The highest BCUT2D eigenvalue weighted by Crippen LogP contribution is 2.19. The number of ether oxygens (including phenoxy) is 1. The molecule has 1 fully saturated rings. The van der Waals surface area contributed by atoms with Gasteiger partial charge in [-0.3, -0.25) is 4.21 Å². The van der Waals surface area contributed by atoms with Gasteiger partial charge >= 0.3 is 0 Å². The minimum absolute atomic E-state index is 0.211. The third-order valence-electron chi connectivity index (χ3n) is 2.59. The summed E-state index contributed by atoms with van der Waals surface area (Å²) >= 11 is 0. The summed E-state index contributed by atoms with van der Waals surface area (Å²) in [5.41, 5.74) is 0. The largest absolute Gasteiger partial charge is 0.377 e. The highest BCUT2D eigenvalue weighted by Gasteiger charge is 2.28. The van der Waals surface area contributed by atoms with E-state index in [1.165, 1.54) is 12.8 Å². The van der Waals surface area contributed by atoms with Gasteiger partial charge in [-0.1, -0.05) is 19.8 Å². The maximum atomic E-state index is 11.8. The van der Waals surface area contributed by atoms with Gasteiger partial charge in [-0.15, -0.1) is 0 Å². The molecule has 3 atom stereocenters. The lowest BCUT2D eigenvalue weighted by molar-refractivity contribution is 0.127. The van der Waals surface area contributed by atoms with Gasteiger partial charge in [-0.2, -0.15) is 0 Å². The van der Waals surface area contributed by atoms with Gasteiger partial charge in [0.25, 0.3) is 0 Å². The standard InChI is InChI=1S/C10H20O2S/c1-3-4-5-8-13(11)10-6-7-12-9(10)2/h9-10H,3-8H2,1-2H3/t9-,10+,13+/m1/s1. The minimum atomic E-state index is -0.652. The molecule has 1 heterocycles. The molecule has 0 N–H and O–H groups in total. The van der Waals surface area contributed by atoms with Gasteiger partial charge in [-0.25, -0.2) is 0 Å². The summed E-state index contributed by atoms with van der Waals surface area (Å²) in [4.78, 5) is 0. The monoisotopic (exact) mass is 204 g/mol. The second-order valence-corrected chi connectivity index (χ2v) is 5.47. The van der Waals surface area contributed by atoms with Crippen LogP contribution in [0.4, 0.5) is 0 Å². The zero-order chi connectivity index (χ0) is 9.68. The normalized spacial score (nSPS) is 30.6. The summed E-state index contributed by atoms with van der Waals surface area (Å²) in [6, 6.07) is 0. The molecule has 0 unspecified atom stereocenters. The van der Waals surface area contributed by atoms with Crippen molar-refractivity contribution in [3.63, 3.8) is 0 Å². The summed E-state index contributed by atoms with van der Waals surface area (Å²) in [7, 11) is -0.652. The Morgan fingerprint density at radius 1 is 1.46 bits per heavy atom. The lowest BCUT2D eigenvalue weighted by Crippen LogP contribution is -2.24. The van der Waals surface area contributed by atoms with Gasteiger partial charge < -0.3 is 4.74 Å². The van der Waals surface area contributed by atoms with Crippen LogP contribution in [-0.4, -0.2) is 27.9 Å². The van der Waals surface area contributed by atoms with Gasteiger partial charge in [0.1, 0.15) is 0 Å². The molecule has 0 spiro atoms. The summed E-state index contributed by atoms with van der Waals surface area (Å²) < 4.78 is 17.2. The van der Waals surface area contributed by atoms with Crippen LogP contribution < -0.4 is 0 Å². The van der Waals surface area contributed by atoms with Crippen LogP contribution in [-0.2, 0) is 15.5 Å². The Balaban J connectivity index is 2.22. The number of unbranched alkanes of at least 4 members (excludes halogenated alkanes) is 2. The van der Waals surface area contributed by atoms with Gasteiger partial charge in [0.15, 0.2) is 0 Å².